The highest BCUT2D eigenvalue weighted by molar-refractivity contribution is 7.13. The molecule has 15 heavy (non-hydrogen) atoms. The molecule has 0 aliphatic heterocycles. The lowest BCUT2D eigenvalue weighted by atomic mass is 10.4. The Bertz CT molecular complexity index is 490. The summed E-state index contributed by atoms with van der Waals surface area (Å²) in [6.07, 6.45) is 1.82. The normalized spacial score (nSPS) is 10.7. The van der Waals surface area contributed by atoms with E-state index in [0.29, 0.717) is 11.7 Å². The molecule has 0 amide bonds. The first-order valence-electron chi connectivity index (χ1n) is 4.45. The van der Waals surface area contributed by atoms with Crippen LogP contribution < -0.4 is 0 Å². The molecule has 0 saturated carbocycles. The van der Waals surface area contributed by atoms with Crippen LogP contribution >= 0.6 is 11.3 Å². The second-order valence-electron chi connectivity index (χ2n) is 2.98. The molecule has 3 rings (SSSR count). The first-order chi connectivity index (χ1) is 7.43. The van der Waals surface area contributed by atoms with Gasteiger partial charge in [-0.2, -0.15) is 4.98 Å². The predicted molar refractivity (Wildman–Crippen MR) is 57.4 cm³/mol. The van der Waals surface area contributed by atoms with Crippen LogP contribution in [0, 0.1) is 0 Å². The largest absolute Gasteiger partial charge is 0.357 e. The van der Waals surface area contributed by atoms with E-state index in [1.165, 1.54) is 0 Å². The number of hydrogen-bond acceptors (Lipinski definition) is 4. The molecule has 0 aliphatic carbocycles. The van der Waals surface area contributed by atoms with Crippen LogP contribution in [0.1, 0.15) is 0 Å². The molecule has 0 aliphatic rings. The van der Waals surface area contributed by atoms with Crippen molar-refractivity contribution in [3.05, 3.63) is 35.8 Å². The van der Waals surface area contributed by atoms with E-state index in [1.807, 2.05) is 35.8 Å². The number of nitrogens with one attached hydrogen (secondary N) is 1. The third-order valence-electron chi connectivity index (χ3n) is 2.00. The molecule has 3 heterocycles. The summed E-state index contributed by atoms with van der Waals surface area (Å²) in [6, 6.07) is 7.72. The summed E-state index contributed by atoms with van der Waals surface area (Å²) < 4.78 is 5.15. The van der Waals surface area contributed by atoms with E-state index in [0.717, 1.165) is 10.6 Å². The lowest BCUT2D eigenvalue weighted by Gasteiger charge is -1.84. The second kappa shape index (κ2) is 3.36. The Hall–Kier alpha value is -1.88. The quantitative estimate of drug-likeness (QED) is 0.718. The molecule has 74 valence electrons. The first kappa shape index (κ1) is 8.43. The molecule has 1 N–H and O–H groups in total. The Labute approximate surface area is 89.6 Å². The summed E-state index contributed by atoms with van der Waals surface area (Å²) in [5.74, 6) is 1.15. The van der Waals surface area contributed by atoms with Crippen molar-refractivity contribution in [2.24, 2.45) is 0 Å². The smallest absolute Gasteiger partial charge is 0.274 e. The van der Waals surface area contributed by atoms with Crippen molar-refractivity contribution in [2.45, 2.75) is 0 Å². The average Bonchev–Trinajstić information content (AvgIpc) is 3.02. The molecular weight excluding hydrogens is 210 g/mol. The van der Waals surface area contributed by atoms with Gasteiger partial charge in [0.25, 0.3) is 5.89 Å². The molecule has 5 heteroatoms. The number of H-pyrrole nitrogens is 1. The van der Waals surface area contributed by atoms with Crippen LogP contribution in [0.25, 0.3) is 22.3 Å². The zero-order chi connectivity index (χ0) is 10.1. The minimum Gasteiger partial charge on any atom is -0.357 e. The van der Waals surface area contributed by atoms with Gasteiger partial charge in [-0.25, -0.2) is 0 Å². The Morgan fingerprint density at radius 1 is 1.27 bits per heavy atom. The Morgan fingerprint density at radius 3 is 3.00 bits per heavy atom. The molecule has 0 unspecified atom stereocenters. The fourth-order valence-electron chi connectivity index (χ4n) is 1.30. The molecule has 3 aromatic heterocycles. The highest BCUT2D eigenvalue weighted by Crippen LogP contribution is 2.24. The highest BCUT2D eigenvalue weighted by Gasteiger charge is 2.10. The van der Waals surface area contributed by atoms with Crippen LogP contribution in [0.4, 0.5) is 0 Å². The Balaban J connectivity index is 2.02. The first-order valence-corrected chi connectivity index (χ1v) is 5.33. The molecule has 0 bridgehead atoms. The van der Waals surface area contributed by atoms with Crippen LogP contribution in [0.3, 0.4) is 0 Å². The van der Waals surface area contributed by atoms with Crippen LogP contribution in [0.15, 0.2) is 40.4 Å². The molecule has 0 atom stereocenters. The summed E-state index contributed by atoms with van der Waals surface area (Å²) in [5.41, 5.74) is 0.838. The fourth-order valence-corrected chi connectivity index (χ4v) is 1.95. The Morgan fingerprint density at radius 2 is 2.27 bits per heavy atom. The van der Waals surface area contributed by atoms with Crippen molar-refractivity contribution >= 4 is 11.3 Å². The molecule has 3 aromatic rings. The van der Waals surface area contributed by atoms with Gasteiger partial charge in [0.15, 0.2) is 0 Å². The lowest BCUT2D eigenvalue weighted by Crippen LogP contribution is -1.77. The van der Waals surface area contributed by atoms with Crippen molar-refractivity contribution in [3.63, 3.8) is 0 Å². The number of thiophene rings is 1. The van der Waals surface area contributed by atoms with E-state index in [1.54, 1.807) is 11.3 Å². The van der Waals surface area contributed by atoms with Crippen molar-refractivity contribution in [2.75, 3.05) is 0 Å². The zero-order valence-corrected chi connectivity index (χ0v) is 8.49. The van der Waals surface area contributed by atoms with Crippen LogP contribution in [-0.2, 0) is 0 Å². The van der Waals surface area contributed by atoms with Crippen molar-refractivity contribution in [1.82, 2.24) is 15.1 Å². The van der Waals surface area contributed by atoms with Gasteiger partial charge in [0.05, 0.1) is 4.88 Å². The third-order valence-corrected chi connectivity index (χ3v) is 2.86. The van der Waals surface area contributed by atoms with Crippen molar-refractivity contribution in [1.29, 1.82) is 0 Å². The van der Waals surface area contributed by atoms with Gasteiger partial charge < -0.3 is 9.51 Å². The van der Waals surface area contributed by atoms with E-state index in [2.05, 4.69) is 15.1 Å². The maximum Gasteiger partial charge on any atom is 0.274 e. The fraction of sp³-hybridized carbons (Fsp3) is 0. The topological polar surface area (TPSA) is 54.7 Å². The summed E-state index contributed by atoms with van der Waals surface area (Å²) in [4.78, 5) is 8.33. The van der Waals surface area contributed by atoms with Crippen molar-refractivity contribution in [3.8, 4) is 22.3 Å². The van der Waals surface area contributed by atoms with E-state index < -0.39 is 0 Å². The van der Waals surface area contributed by atoms with Gasteiger partial charge in [0.2, 0.25) is 5.82 Å². The maximum absolute atomic E-state index is 5.15. The van der Waals surface area contributed by atoms with Gasteiger partial charge in [-0.15, -0.1) is 11.3 Å². The van der Waals surface area contributed by atoms with Crippen LogP contribution in [-0.4, -0.2) is 15.1 Å². The Kier molecular flexibility index (Phi) is 1.89. The maximum atomic E-state index is 5.15. The minimum absolute atomic E-state index is 0.517. The van der Waals surface area contributed by atoms with Gasteiger partial charge >= 0.3 is 0 Å². The second-order valence-corrected chi connectivity index (χ2v) is 3.93. The minimum atomic E-state index is 0.517. The average molecular weight is 217 g/mol. The van der Waals surface area contributed by atoms with Gasteiger partial charge in [-0.3, -0.25) is 0 Å². The molecular formula is C10H7N3OS. The molecule has 0 aromatic carbocycles. The van der Waals surface area contributed by atoms with E-state index >= 15 is 0 Å². The summed E-state index contributed by atoms with van der Waals surface area (Å²) in [5, 5.41) is 5.91. The summed E-state index contributed by atoms with van der Waals surface area (Å²) >= 11 is 1.59. The van der Waals surface area contributed by atoms with Crippen LogP contribution in [0.5, 0.6) is 0 Å². The standard InChI is InChI=1S/C10H7N3OS/c1-3-7(11-5-1)10-12-9(13-14-10)8-4-2-6-15-8/h1-6,11H. The SMILES string of the molecule is c1c[nH]c(-c2nc(-c3cccs3)no2)c1. The van der Waals surface area contributed by atoms with Gasteiger partial charge in [-0.1, -0.05) is 11.2 Å². The molecule has 0 spiro atoms. The van der Waals surface area contributed by atoms with Gasteiger partial charge in [-0.05, 0) is 23.6 Å². The summed E-state index contributed by atoms with van der Waals surface area (Å²) in [6.45, 7) is 0. The van der Waals surface area contributed by atoms with Gasteiger partial charge in [0, 0.05) is 6.20 Å². The lowest BCUT2D eigenvalue weighted by molar-refractivity contribution is 0.431. The molecule has 4 nitrogen and oxygen atoms in total. The molecule has 0 fully saturated rings. The monoisotopic (exact) mass is 217 g/mol. The van der Waals surface area contributed by atoms with E-state index in [-0.39, 0.29) is 0 Å². The summed E-state index contributed by atoms with van der Waals surface area (Å²) in [7, 11) is 0. The number of rotatable bonds is 2. The third kappa shape index (κ3) is 1.46. The van der Waals surface area contributed by atoms with Crippen molar-refractivity contribution < 1.29 is 4.52 Å². The number of aromatic nitrogens is 3. The van der Waals surface area contributed by atoms with E-state index in [4.69, 9.17) is 4.52 Å². The molecule has 0 radical (unpaired) electrons. The van der Waals surface area contributed by atoms with E-state index in [9.17, 15) is 0 Å². The zero-order valence-electron chi connectivity index (χ0n) is 7.68. The number of hydrogen-bond donors (Lipinski definition) is 1. The van der Waals surface area contributed by atoms with Crippen LogP contribution in [0.2, 0.25) is 0 Å². The number of aromatic amines is 1. The highest BCUT2D eigenvalue weighted by atomic mass is 32.1. The molecule has 0 saturated heterocycles. The predicted octanol–water partition coefficient (Wildman–Crippen LogP) is 2.79. The number of nitrogens with zero attached hydrogens (tertiary/aromatic N) is 2. The van der Waals surface area contributed by atoms with Gasteiger partial charge in [0.1, 0.15) is 5.69 Å².